The molecule has 0 fully saturated rings. The number of methoxy groups -OCH3 is 1. The molecule has 0 aliphatic heterocycles. The molecule has 5 nitrogen and oxygen atoms in total. The van der Waals surface area contributed by atoms with Crippen LogP contribution in [-0.2, 0) is 19.5 Å². The summed E-state index contributed by atoms with van der Waals surface area (Å²) in [5, 5.41) is 6.80. The molecular formula is C22H33IN4O. The fraction of sp³-hybridized carbons (Fsp3) is 0.409. The number of aryl methyl sites for hydroxylation is 1. The molecule has 2 aromatic carbocycles. The van der Waals surface area contributed by atoms with Crippen molar-refractivity contribution >= 4 is 29.9 Å². The Hall–Kier alpha value is -1.80. The average Bonchev–Trinajstić information content (AvgIpc) is 2.66. The minimum absolute atomic E-state index is 0. The molecule has 2 aromatic rings. The van der Waals surface area contributed by atoms with Gasteiger partial charge in [-0.05, 0) is 55.8 Å². The van der Waals surface area contributed by atoms with E-state index in [-0.39, 0.29) is 24.0 Å². The second kappa shape index (κ2) is 12.6. The number of nitrogens with zero attached hydrogens (tertiary/aromatic N) is 2. The number of aliphatic imine (C=N–C) groups is 1. The van der Waals surface area contributed by atoms with E-state index in [1.54, 1.807) is 14.2 Å². The van der Waals surface area contributed by atoms with Crippen LogP contribution < -0.4 is 15.4 Å². The maximum Gasteiger partial charge on any atom is 0.191 e. The van der Waals surface area contributed by atoms with Crippen molar-refractivity contribution in [3.63, 3.8) is 0 Å². The van der Waals surface area contributed by atoms with Crippen molar-refractivity contribution in [3.8, 4) is 5.75 Å². The number of hydrogen-bond acceptors (Lipinski definition) is 3. The Morgan fingerprint density at radius 2 is 1.79 bits per heavy atom. The summed E-state index contributed by atoms with van der Waals surface area (Å²) >= 11 is 0. The van der Waals surface area contributed by atoms with Crippen LogP contribution in [0.1, 0.15) is 22.3 Å². The minimum atomic E-state index is 0. The van der Waals surface area contributed by atoms with Crippen molar-refractivity contribution in [2.24, 2.45) is 4.99 Å². The van der Waals surface area contributed by atoms with E-state index in [9.17, 15) is 0 Å². The Bertz CT molecular complexity index is 762. The van der Waals surface area contributed by atoms with E-state index in [1.807, 2.05) is 0 Å². The lowest BCUT2D eigenvalue weighted by atomic mass is 10.1. The number of ether oxygens (including phenoxy) is 1. The van der Waals surface area contributed by atoms with Crippen molar-refractivity contribution in [2.45, 2.75) is 26.4 Å². The maximum atomic E-state index is 5.40. The van der Waals surface area contributed by atoms with Crippen molar-refractivity contribution in [1.29, 1.82) is 0 Å². The van der Waals surface area contributed by atoms with Gasteiger partial charge in [0.25, 0.3) is 0 Å². The minimum Gasteiger partial charge on any atom is -0.496 e. The standard InChI is InChI=1S/C22H32N4O.HI/c1-17-10-11-18(14-21(17)27-5)12-13-24-22(23-2)25-15-19-8-6-7-9-20(19)16-26(3)4;/h6-11,14H,12-13,15-16H2,1-5H3,(H2,23,24,25);1H. The third kappa shape index (κ3) is 7.67. The zero-order valence-corrected chi connectivity index (χ0v) is 19.9. The summed E-state index contributed by atoms with van der Waals surface area (Å²) in [6.07, 6.45) is 0.911. The first-order valence-electron chi connectivity index (χ1n) is 9.33. The smallest absolute Gasteiger partial charge is 0.191 e. The molecule has 0 spiro atoms. The molecular weight excluding hydrogens is 463 g/mol. The van der Waals surface area contributed by atoms with Gasteiger partial charge in [0.2, 0.25) is 0 Å². The van der Waals surface area contributed by atoms with Gasteiger partial charge in [-0.3, -0.25) is 4.99 Å². The van der Waals surface area contributed by atoms with Gasteiger partial charge in [-0.25, -0.2) is 0 Å². The molecule has 0 saturated heterocycles. The lowest BCUT2D eigenvalue weighted by Crippen LogP contribution is -2.38. The highest BCUT2D eigenvalue weighted by atomic mass is 127. The van der Waals surface area contributed by atoms with Gasteiger partial charge >= 0.3 is 0 Å². The van der Waals surface area contributed by atoms with Crippen LogP contribution >= 0.6 is 24.0 Å². The predicted octanol–water partition coefficient (Wildman–Crippen LogP) is 3.59. The number of guanidine groups is 1. The Morgan fingerprint density at radius 3 is 2.43 bits per heavy atom. The van der Waals surface area contributed by atoms with Gasteiger partial charge in [0.1, 0.15) is 5.75 Å². The van der Waals surface area contributed by atoms with E-state index in [0.717, 1.165) is 43.3 Å². The molecule has 0 atom stereocenters. The van der Waals surface area contributed by atoms with Gasteiger partial charge in [0.15, 0.2) is 5.96 Å². The summed E-state index contributed by atoms with van der Waals surface area (Å²) in [5.41, 5.74) is 5.02. The molecule has 0 heterocycles. The van der Waals surface area contributed by atoms with Gasteiger partial charge < -0.3 is 20.3 Å². The van der Waals surface area contributed by atoms with Gasteiger partial charge in [-0.15, -0.1) is 24.0 Å². The quantitative estimate of drug-likeness (QED) is 0.333. The van der Waals surface area contributed by atoms with E-state index in [0.29, 0.717) is 0 Å². The van der Waals surface area contributed by atoms with Crippen LogP contribution in [0.3, 0.4) is 0 Å². The highest BCUT2D eigenvalue weighted by molar-refractivity contribution is 14.0. The van der Waals surface area contributed by atoms with Crippen LogP contribution in [0.5, 0.6) is 5.75 Å². The Morgan fingerprint density at radius 1 is 1.07 bits per heavy atom. The lowest BCUT2D eigenvalue weighted by Gasteiger charge is -2.16. The molecule has 2 N–H and O–H groups in total. The number of benzene rings is 2. The predicted molar refractivity (Wildman–Crippen MR) is 129 cm³/mol. The number of rotatable bonds is 8. The first-order valence-corrected chi connectivity index (χ1v) is 9.33. The van der Waals surface area contributed by atoms with E-state index in [2.05, 4.69) is 84.0 Å². The zero-order chi connectivity index (χ0) is 19.6. The third-order valence-electron chi connectivity index (χ3n) is 4.45. The molecule has 2 rings (SSSR count). The highest BCUT2D eigenvalue weighted by Crippen LogP contribution is 2.19. The summed E-state index contributed by atoms with van der Waals surface area (Å²) in [7, 11) is 7.69. The molecule has 154 valence electrons. The molecule has 0 unspecified atom stereocenters. The molecule has 0 saturated carbocycles. The monoisotopic (exact) mass is 496 g/mol. The molecule has 28 heavy (non-hydrogen) atoms. The zero-order valence-electron chi connectivity index (χ0n) is 17.6. The topological polar surface area (TPSA) is 48.9 Å². The maximum absolute atomic E-state index is 5.40. The number of halogens is 1. The normalized spacial score (nSPS) is 11.1. The average molecular weight is 496 g/mol. The fourth-order valence-electron chi connectivity index (χ4n) is 2.97. The molecule has 0 aliphatic rings. The first kappa shape index (κ1) is 24.2. The van der Waals surface area contributed by atoms with Crippen LogP contribution in [0.15, 0.2) is 47.5 Å². The summed E-state index contributed by atoms with van der Waals surface area (Å²) in [6.45, 7) is 4.55. The molecule has 0 amide bonds. The van der Waals surface area contributed by atoms with Crippen LogP contribution in [0.2, 0.25) is 0 Å². The second-order valence-electron chi connectivity index (χ2n) is 6.91. The van der Waals surface area contributed by atoms with Crippen molar-refractivity contribution in [3.05, 3.63) is 64.7 Å². The van der Waals surface area contributed by atoms with Crippen molar-refractivity contribution in [1.82, 2.24) is 15.5 Å². The van der Waals surface area contributed by atoms with Crippen LogP contribution in [0.25, 0.3) is 0 Å². The number of hydrogen-bond donors (Lipinski definition) is 2. The van der Waals surface area contributed by atoms with E-state index in [1.165, 1.54) is 16.7 Å². The Kier molecular flexibility index (Phi) is 10.9. The van der Waals surface area contributed by atoms with Gasteiger partial charge in [-0.1, -0.05) is 36.4 Å². The van der Waals surface area contributed by atoms with E-state index < -0.39 is 0 Å². The molecule has 0 aromatic heterocycles. The summed E-state index contributed by atoms with van der Waals surface area (Å²) in [5.74, 6) is 1.75. The SMILES string of the molecule is CN=C(NCCc1ccc(C)c(OC)c1)NCc1ccccc1CN(C)C.I. The summed E-state index contributed by atoms with van der Waals surface area (Å²) in [4.78, 5) is 6.51. The molecule has 0 radical (unpaired) electrons. The first-order chi connectivity index (χ1) is 13.0. The molecule has 0 aliphatic carbocycles. The van der Waals surface area contributed by atoms with E-state index >= 15 is 0 Å². The largest absolute Gasteiger partial charge is 0.496 e. The van der Waals surface area contributed by atoms with Crippen LogP contribution in [0, 0.1) is 6.92 Å². The Labute approximate surface area is 186 Å². The van der Waals surface area contributed by atoms with Crippen LogP contribution in [-0.4, -0.2) is 45.7 Å². The summed E-state index contributed by atoms with van der Waals surface area (Å²) < 4.78 is 5.40. The van der Waals surface area contributed by atoms with Gasteiger partial charge in [0, 0.05) is 26.7 Å². The van der Waals surface area contributed by atoms with Crippen molar-refractivity contribution in [2.75, 3.05) is 34.8 Å². The van der Waals surface area contributed by atoms with E-state index in [4.69, 9.17) is 4.74 Å². The highest BCUT2D eigenvalue weighted by Gasteiger charge is 2.05. The third-order valence-corrected chi connectivity index (χ3v) is 4.45. The fourth-order valence-corrected chi connectivity index (χ4v) is 2.97. The molecule has 0 bridgehead atoms. The summed E-state index contributed by atoms with van der Waals surface area (Å²) in [6, 6.07) is 14.9. The van der Waals surface area contributed by atoms with Gasteiger partial charge in [0.05, 0.1) is 7.11 Å². The van der Waals surface area contributed by atoms with Crippen LogP contribution in [0.4, 0.5) is 0 Å². The second-order valence-corrected chi connectivity index (χ2v) is 6.91. The van der Waals surface area contributed by atoms with Gasteiger partial charge in [-0.2, -0.15) is 0 Å². The van der Waals surface area contributed by atoms with Crippen molar-refractivity contribution < 1.29 is 4.74 Å². The Balaban J connectivity index is 0.00000392. The number of nitrogens with one attached hydrogen (secondary N) is 2. The molecule has 6 heteroatoms. The lowest BCUT2D eigenvalue weighted by molar-refractivity contribution is 0.400.